The van der Waals surface area contributed by atoms with E-state index >= 15 is 0 Å². The zero-order valence-corrected chi connectivity index (χ0v) is 14.6. The van der Waals surface area contributed by atoms with Crippen LogP contribution in [0.4, 0.5) is 8.78 Å². The van der Waals surface area contributed by atoms with Crippen LogP contribution in [0, 0.1) is 17.0 Å². The monoisotopic (exact) mass is 352 g/mol. The van der Waals surface area contributed by atoms with Gasteiger partial charge in [0.15, 0.2) is 11.6 Å². The summed E-state index contributed by atoms with van der Waals surface area (Å²) in [4.78, 5) is 12.9. The standard InChI is InChI=1S/C21H18F2N2O/c1-21(2)11-16-19(18(26)12-21)20(13-6-4-3-5-7-13)25(24-16)17-9-8-14(22)10-15(17)23/h3-10H,11-12H2,1-2H3. The van der Waals surface area contributed by atoms with Crippen molar-refractivity contribution in [3.63, 3.8) is 0 Å². The van der Waals surface area contributed by atoms with Crippen LogP contribution >= 0.6 is 0 Å². The lowest BCUT2D eigenvalue weighted by Gasteiger charge is -2.27. The van der Waals surface area contributed by atoms with E-state index < -0.39 is 11.6 Å². The minimum absolute atomic E-state index is 0.00359. The molecule has 0 spiro atoms. The number of Topliss-reactive ketones (excluding diaryl/α,β-unsaturated/α-hetero) is 1. The number of benzene rings is 2. The molecule has 0 bridgehead atoms. The molecule has 0 amide bonds. The highest BCUT2D eigenvalue weighted by atomic mass is 19.1. The number of halogens is 2. The van der Waals surface area contributed by atoms with Crippen LogP contribution in [0.25, 0.3) is 16.9 Å². The zero-order chi connectivity index (χ0) is 18.5. The first-order valence-electron chi connectivity index (χ1n) is 8.52. The summed E-state index contributed by atoms with van der Waals surface area (Å²) in [5.41, 5.74) is 2.47. The van der Waals surface area contributed by atoms with Gasteiger partial charge in [-0.05, 0) is 24.0 Å². The fraction of sp³-hybridized carbons (Fsp3) is 0.238. The lowest BCUT2D eigenvalue weighted by molar-refractivity contribution is 0.0912. The summed E-state index contributed by atoms with van der Waals surface area (Å²) in [6.07, 6.45) is 1.04. The predicted octanol–water partition coefficient (Wildman–Crippen LogP) is 4.97. The first kappa shape index (κ1) is 16.6. The first-order chi connectivity index (χ1) is 12.4. The van der Waals surface area contributed by atoms with Crippen molar-refractivity contribution in [3.05, 3.63) is 71.4 Å². The fourth-order valence-corrected chi connectivity index (χ4v) is 3.61. The highest BCUT2D eigenvalue weighted by Crippen LogP contribution is 2.40. The van der Waals surface area contributed by atoms with Crippen molar-refractivity contribution >= 4 is 5.78 Å². The Morgan fingerprint density at radius 2 is 1.77 bits per heavy atom. The minimum Gasteiger partial charge on any atom is -0.294 e. The number of fused-ring (bicyclic) bond motifs is 1. The number of nitrogens with zero attached hydrogens (tertiary/aromatic N) is 2. The van der Waals surface area contributed by atoms with E-state index in [0.29, 0.717) is 29.8 Å². The smallest absolute Gasteiger partial charge is 0.167 e. The number of hydrogen-bond acceptors (Lipinski definition) is 2. The molecule has 0 N–H and O–H groups in total. The molecule has 4 rings (SSSR count). The fourth-order valence-electron chi connectivity index (χ4n) is 3.61. The van der Waals surface area contributed by atoms with Crippen LogP contribution in [0.3, 0.4) is 0 Å². The van der Waals surface area contributed by atoms with Gasteiger partial charge in [0.05, 0.1) is 17.0 Å². The first-order valence-corrected chi connectivity index (χ1v) is 8.52. The van der Waals surface area contributed by atoms with Crippen molar-refractivity contribution in [1.29, 1.82) is 0 Å². The van der Waals surface area contributed by atoms with E-state index in [1.807, 2.05) is 44.2 Å². The molecule has 0 fully saturated rings. The molecule has 2 aromatic carbocycles. The van der Waals surface area contributed by atoms with E-state index in [9.17, 15) is 13.6 Å². The van der Waals surface area contributed by atoms with Crippen molar-refractivity contribution < 1.29 is 13.6 Å². The Morgan fingerprint density at radius 3 is 2.46 bits per heavy atom. The van der Waals surface area contributed by atoms with E-state index in [1.165, 1.54) is 16.8 Å². The number of carbonyl (C=O) groups excluding carboxylic acids is 1. The van der Waals surface area contributed by atoms with Gasteiger partial charge in [-0.1, -0.05) is 44.2 Å². The Bertz CT molecular complexity index is 1010. The largest absolute Gasteiger partial charge is 0.294 e. The minimum atomic E-state index is -0.714. The number of hydrogen-bond donors (Lipinski definition) is 0. The van der Waals surface area contributed by atoms with E-state index in [-0.39, 0.29) is 16.9 Å². The molecule has 3 nitrogen and oxygen atoms in total. The molecule has 0 unspecified atom stereocenters. The van der Waals surface area contributed by atoms with Gasteiger partial charge in [0, 0.05) is 18.1 Å². The molecule has 1 aliphatic rings. The maximum absolute atomic E-state index is 14.5. The van der Waals surface area contributed by atoms with E-state index in [4.69, 9.17) is 0 Å². The van der Waals surface area contributed by atoms with Crippen LogP contribution in [-0.4, -0.2) is 15.6 Å². The Morgan fingerprint density at radius 1 is 1.04 bits per heavy atom. The highest BCUT2D eigenvalue weighted by molar-refractivity contribution is 6.04. The van der Waals surface area contributed by atoms with Gasteiger partial charge in [0.25, 0.3) is 0 Å². The number of rotatable bonds is 2. The van der Waals surface area contributed by atoms with Gasteiger partial charge >= 0.3 is 0 Å². The Balaban J connectivity index is 2.02. The second-order valence-electron chi connectivity index (χ2n) is 7.48. The highest BCUT2D eigenvalue weighted by Gasteiger charge is 2.37. The second-order valence-corrected chi connectivity index (χ2v) is 7.48. The third-order valence-electron chi connectivity index (χ3n) is 4.71. The van der Waals surface area contributed by atoms with E-state index in [1.54, 1.807) is 0 Å². The van der Waals surface area contributed by atoms with Gasteiger partial charge in [-0.2, -0.15) is 5.10 Å². The summed E-state index contributed by atoms with van der Waals surface area (Å²) in [6.45, 7) is 4.04. The summed E-state index contributed by atoms with van der Waals surface area (Å²) in [7, 11) is 0. The lowest BCUT2D eigenvalue weighted by Crippen LogP contribution is -2.26. The van der Waals surface area contributed by atoms with Crippen molar-refractivity contribution in [2.24, 2.45) is 5.41 Å². The molecule has 3 aromatic rings. The van der Waals surface area contributed by atoms with Gasteiger partial charge in [-0.3, -0.25) is 4.79 Å². The molecule has 0 aliphatic heterocycles. The van der Waals surface area contributed by atoms with Crippen molar-refractivity contribution in [3.8, 4) is 16.9 Å². The molecule has 0 saturated carbocycles. The lowest BCUT2D eigenvalue weighted by atomic mass is 9.75. The Hall–Kier alpha value is -2.82. The second kappa shape index (κ2) is 5.87. The van der Waals surface area contributed by atoms with Crippen molar-refractivity contribution in [2.75, 3.05) is 0 Å². The molecule has 0 atom stereocenters. The normalized spacial score (nSPS) is 15.8. The van der Waals surface area contributed by atoms with Gasteiger partial charge in [-0.15, -0.1) is 0 Å². The number of ketones is 1. The zero-order valence-electron chi connectivity index (χ0n) is 14.6. The Labute approximate surface area is 150 Å². The maximum Gasteiger partial charge on any atom is 0.167 e. The van der Waals surface area contributed by atoms with Crippen molar-refractivity contribution in [2.45, 2.75) is 26.7 Å². The van der Waals surface area contributed by atoms with Crippen LogP contribution in [0.1, 0.15) is 36.3 Å². The number of carbonyl (C=O) groups is 1. The summed E-state index contributed by atoms with van der Waals surface area (Å²) in [5.74, 6) is -1.36. The van der Waals surface area contributed by atoms with Crippen LogP contribution in [0.2, 0.25) is 0 Å². The van der Waals surface area contributed by atoms with E-state index in [0.717, 1.165) is 11.6 Å². The van der Waals surface area contributed by atoms with Crippen molar-refractivity contribution in [1.82, 2.24) is 9.78 Å². The molecular weight excluding hydrogens is 334 g/mol. The van der Waals surface area contributed by atoms with Gasteiger partial charge in [0.2, 0.25) is 0 Å². The van der Waals surface area contributed by atoms with Crippen LogP contribution in [0.5, 0.6) is 0 Å². The summed E-state index contributed by atoms with van der Waals surface area (Å²) < 4.78 is 29.3. The van der Waals surface area contributed by atoms with Crippen LogP contribution < -0.4 is 0 Å². The summed E-state index contributed by atoms with van der Waals surface area (Å²) in [6, 6.07) is 12.7. The van der Waals surface area contributed by atoms with Gasteiger partial charge in [0.1, 0.15) is 11.5 Å². The quantitative estimate of drug-likeness (QED) is 0.652. The van der Waals surface area contributed by atoms with Gasteiger partial charge in [-0.25, -0.2) is 13.5 Å². The third kappa shape index (κ3) is 2.73. The van der Waals surface area contributed by atoms with Crippen LogP contribution in [-0.2, 0) is 6.42 Å². The molecule has 5 heteroatoms. The molecule has 132 valence electrons. The summed E-state index contributed by atoms with van der Waals surface area (Å²) in [5, 5.41) is 4.57. The molecular formula is C21H18F2N2O. The molecule has 26 heavy (non-hydrogen) atoms. The maximum atomic E-state index is 14.5. The van der Waals surface area contributed by atoms with Gasteiger partial charge < -0.3 is 0 Å². The molecule has 1 heterocycles. The number of aromatic nitrogens is 2. The average Bonchev–Trinajstić information content (AvgIpc) is 2.93. The molecule has 0 radical (unpaired) electrons. The molecule has 1 aliphatic carbocycles. The van der Waals surface area contributed by atoms with E-state index in [2.05, 4.69) is 5.10 Å². The third-order valence-corrected chi connectivity index (χ3v) is 4.71. The summed E-state index contributed by atoms with van der Waals surface area (Å²) >= 11 is 0. The molecule has 1 aromatic heterocycles. The average molecular weight is 352 g/mol. The SMILES string of the molecule is CC1(C)CC(=O)c2c(nn(-c3ccc(F)cc3F)c2-c2ccccc2)C1. The Kier molecular flexibility index (Phi) is 3.75. The topological polar surface area (TPSA) is 34.9 Å². The molecule has 0 saturated heterocycles. The van der Waals surface area contributed by atoms with Crippen LogP contribution in [0.15, 0.2) is 48.5 Å². The predicted molar refractivity (Wildman–Crippen MR) is 95.3 cm³/mol.